The van der Waals surface area contributed by atoms with Crippen molar-refractivity contribution in [2.75, 3.05) is 20.3 Å². The van der Waals surface area contributed by atoms with Gasteiger partial charge < -0.3 is 14.6 Å². The van der Waals surface area contributed by atoms with Crippen LogP contribution in [0, 0.1) is 0 Å². The maximum Gasteiger partial charge on any atom is 0.407 e. The molecular weight excluding hydrogens is 350 g/mol. The summed E-state index contributed by atoms with van der Waals surface area (Å²) >= 11 is 0. The van der Waals surface area contributed by atoms with Crippen LogP contribution in [-0.4, -0.2) is 62.6 Å². The van der Waals surface area contributed by atoms with E-state index in [-0.39, 0.29) is 30.2 Å². The average Bonchev–Trinajstić information content (AvgIpc) is 2.59. The summed E-state index contributed by atoms with van der Waals surface area (Å²) in [5.74, 6) is 0.555. The van der Waals surface area contributed by atoms with Crippen molar-refractivity contribution < 1.29 is 27.8 Å². The normalized spacial score (nSPS) is 23.1. The van der Waals surface area contributed by atoms with E-state index in [0.717, 1.165) is 0 Å². The number of nitrogens with zero attached hydrogens (tertiary/aromatic N) is 2. The number of nitrogens with one attached hydrogen (secondary N) is 1. The summed E-state index contributed by atoms with van der Waals surface area (Å²) in [4.78, 5) is 15.0. The Hall–Kier alpha value is -2.33. The van der Waals surface area contributed by atoms with Crippen molar-refractivity contribution in [3.05, 3.63) is 24.3 Å². The highest BCUT2D eigenvalue weighted by molar-refractivity contribution is 7.89. The van der Waals surface area contributed by atoms with E-state index in [9.17, 15) is 18.3 Å². The summed E-state index contributed by atoms with van der Waals surface area (Å²) in [5, 5.41) is 13.3. The molecule has 1 amide bonds. The molecule has 2 unspecified atom stereocenters. The molecule has 0 saturated carbocycles. The lowest BCUT2D eigenvalue weighted by molar-refractivity contribution is -0.0402. The quantitative estimate of drug-likeness (QED) is 0.761. The molecule has 1 aromatic rings. The lowest BCUT2D eigenvalue weighted by atomic mass is 9.93. The van der Waals surface area contributed by atoms with E-state index in [2.05, 4.69) is 9.93 Å². The SMILES string of the molecule is COc1ccc(S(=O)(=O)NN=C2CC3COCC(C2)N3C(=O)O)cc1. The van der Waals surface area contributed by atoms with E-state index < -0.39 is 16.1 Å². The Morgan fingerprint density at radius 1 is 1.28 bits per heavy atom. The fourth-order valence-electron chi connectivity index (χ4n) is 3.08. The molecule has 3 rings (SSSR count). The Balaban J connectivity index is 1.72. The molecule has 0 aliphatic carbocycles. The molecule has 2 heterocycles. The van der Waals surface area contributed by atoms with Crippen molar-refractivity contribution in [2.24, 2.45) is 5.10 Å². The van der Waals surface area contributed by atoms with Gasteiger partial charge in [-0.05, 0) is 24.3 Å². The number of rotatable bonds is 4. The maximum absolute atomic E-state index is 12.3. The molecule has 25 heavy (non-hydrogen) atoms. The van der Waals surface area contributed by atoms with Gasteiger partial charge in [-0.25, -0.2) is 9.63 Å². The predicted molar refractivity (Wildman–Crippen MR) is 88.2 cm³/mol. The van der Waals surface area contributed by atoms with Crippen LogP contribution in [-0.2, 0) is 14.8 Å². The molecule has 0 spiro atoms. The molecule has 0 radical (unpaired) electrons. The van der Waals surface area contributed by atoms with Crippen molar-refractivity contribution in [3.63, 3.8) is 0 Å². The minimum Gasteiger partial charge on any atom is -0.497 e. The van der Waals surface area contributed by atoms with Gasteiger partial charge in [0.2, 0.25) is 0 Å². The first kappa shape index (κ1) is 17.5. The summed E-state index contributed by atoms with van der Waals surface area (Å²) in [6.45, 7) is 0.570. The zero-order chi connectivity index (χ0) is 18.0. The highest BCUT2D eigenvalue weighted by Gasteiger charge is 2.40. The Morgan fingerprint density at radius 3 is 2.40 bits per heavy atom. The van der Waals surface area contributed by atoms with Crippen LogP contribution in [0.3, 0.4) is 0 Å². The zero-order valence-corrected chi connectivity index (χ0v) is 14.4. The summed E-state index contributed by atoms with van der Waals surface area (Å²) in [6, 6.07) is 5.28. The molecule has 2 bridgehead atoms. The molecular formula is C15H19N3O6S. The third-order valence-electron chi connectivity index (χ3n) is 4.26. The van der Waals surface area contributed by atoms with Gasteiger partial charge in [-0.3, -0.25) is 4.90 Å². The molecule has 0 aromatic heterocycles. The van der Waals surface area contributed by atoms with Gasteiger partial charge >= 0.3 is 6.09 Å². The van der Waals surface area contributed by atoms with Crippen LogP contribution < -0.4 is 9.57 Å². The summed E-state index contributed by atoms with van der Waals surface area (Å²) in [7, 11) is -2.29. The molecule has 2 saturated heterocycles. The second-order valence-corrected chi connectivity index (χ2v) is 7.55. The minimum atomic E-state index is -3.79. The number of ether oxygens (including phenoxy) is 2. The number of benzene rings is 1. The van der Waals surface area contributed by atoms with Crippen LogP contribution in [0.15, 0.2) is 34.3 Å². The number of amides is 1. The number of methoxy groups -OCH3 is 1. The zero-order valence-electron chi connectivity index (χ0n) is 13.6. The Bertz CT molecular complexity index is 761. The first-order valence-electron chi connectivity index (χ1n) is 7.71. The van der Waals surface area contributed by atoms with Gasteiger partial charge in [-0.1, -0.05) is 0 Å². The average molecular weight is 369 g/mol. The maximum atomic E-state index is 12.3. The van der Waals surface area contributed by atoms with Gasteiger partial charge in [0.05, 0.1) is 37.3 Å². The largest absolute Gasteiger partial charge is 0.497 e. The van der Waals surface area contributed by atoms with Gasteiger partial charge in [0.25, 0.3) is 10.0 Å². The number of piperidine rings is 1. The van der Waals surface area contributed by atoms with E-state index in [1.54, 1.807) is 12.1 Å². The van der Waals surface area contributed by atoms with E-state index in [1.807, 2.05) is 0 Å². The first-order chi connectivity index (χ1) is 11.9. The standard InChI is InChI=1S/C15H19N3O6S/c1-23-13-2-4-14(5-3-13)25(21,22)17-16-10-6-11-8-24-9-12(7-10)18(11)15(19)20/h2-5,11-12,17H,6-9H2,1H3,(H,19,20). The van der Waals surface area contributed by atoms with E-state index in [0.29, 0.717) is 24.3 Å². The second kappa shape index (κ2) is 6.89. The van der Waals surface area contributed by atoms with E-state index in [4.69, 9.17) is 9.47 Å². The molecule has 2 N–H and O–H groups in total. The lowest BCUT2D eigenvalue weighted by Crippen LogP contribution is -2.59. The number of fused-ring (bicyclic) bond motifs is 2. The molecule has 10 heteroatoms. The Morgan fingerprint density at radius 2 is 1.88 bits per heavy atom. The van der Waals surface area contributed by atoms with Crippen LogP contribution in [0.4, 0.5) is 4.79 Å². The molecule has 9 nitrogen and oxygen atoms in total. The highest BCUT2D eigenvalue weighted by Crippen LogP contribution is 2.26. The van der Waals surface area contributed by atoms with Crippen LogP contribution in [0.2, 0.25) is 0 Å². The van der Waals surface area contributed by atoms with Gasteiger partial charge in [-0.2, -0.15) is 13.5 Å². The number of hydrogen-bond donors (Lipinski definition) is 2. The summed E-state index contributed by atoms with van der Waals surface area (Å²) < 4.78 is 35.0. The third-order valence-corrected chi connectivity index (χ3v) is 5.49. The summed E-state index contributed by atoms with van der Waals surface area (Å²) in [5.41, 5.74) is 0.618. The van der Waals surface area contributed by atoms with Crippen molar-refractivity contribution in [1.82, 2.24) is 9.73 Å². The second-order valence-electron chi connectivity index (χ2n) is 5.89. The number of hydrazone groups is 1. The lowest BCUT2D eigenvalue weighted by Gasteiger charge is -2.44. The van der Waals surface area contributed by atoms with Crippen LogP contribution in [0.25, 0.3) is 0 Å². The Labute approximate surface area is 145 Å². The van der Waals surface area contributed by atoms with Crippen molar-refractivity contribution >= 4 is 21.8 Å². The van der Waals surface area contributed by atoms with Crippen LogP contribution in [0.1, 0.15) is 12.8 Å². The number of carboxylic acid groups (broad SMARTS) is 1. The first-order valence-corrected chi connectivity index (χ1v) is 9.19. The van der Waals surface area contributed by atoms with Crippen molar-refractivity contribution in [3.8, 4) is 5.75 Å². The number of sulfonamides is 1. The smallest absolute Gasteiger partial charge is 0.407 e. The van der Waals surface area contributed by atoms with E-state index in [1.165, 1.54) is 24.1 Å². The topological polar surface area (TPSA) is 118 Å². The van der Waals surface area contributed by atoms with Crippen molar-refractivity contribution in [2.45, 2.75) is 29.8 Å². The van der Waals surface area contributed by atoms with Gasteiger partial charge in [0.1, 0.15) is 5.75 Å². The predicted octanol–water partition coefficient (Wildman–Crippen LogP) is 0.871. The van der Waals surface area contributed by atoms with Crippen molar-refractivity contribution in [1.29, 1.82) is 0 Å². The van der Waals surface area contributed by atoms with Gasteiger partial charge in [0, 0.05) is 18.6 Å². The number of hydrogen-bond acceptors (Lipinski definition) is 6. The molecule has 2 fully saturated rings. The molecule has 2 aliphatic heterocycles. The van der Waals surface area contributed by atoms with Gasteiger partial charge in [0.15, 0.2) is 0 Å². The highest BCUT2D eigenvalue weighted by atomic mass is 32.2. The molecule has 2 atom stereocenters. The molecule has 1 aromatic carbocycles. The number of morpholine rings is 1. The monoisotopic (exact) mass is 369 g/mol. The number of carbonyl (C=O) groups is 1. The fraction of sp³-hybridized carbons (Fsp3) is 0.467. The van der Waals surface area contributed by atoms with E-state index >= 15 is 0 Å². The van der Waals surface area contributed by atoms with Crippen LogP contribution in [0.5, 0.6) is 5.75 Å². The minimum absolute atomic E-state index is 0.0733. The molecule has 136 valence electrons. The Kier molecular flexibility index (Phi) is 4.82. The van der Waals surface area contributed by atoms with Crippen LogP contribution >= 0.6 is 0 Å². The molecule has 2 aliphatic rings. The fourth-order valence-corrected chi connectivity index (χ4v) is 3.93. The summed E-state index contributed by atoms with van der Waals surface area (Å²) in [6.07, 6.45) is -0.307. The third kappa shape index (κ3) is 3.69. The van der Waals surface area contributed by atoms with Gasteiger partial charge in [-0.15, -0.1) is 0 Å².